The maximum atomic E-state index is 4.11. The molecule has 0 aliphatic rings. The number of pyridine rings is 1. The molecule has 0 aliphatic carbocycles. The molecule has 1 atom stereocenters. The highest BCUT2D eigenvalue weighted by atomic mass is 14.9. The van der Waals surface area contributed by atoms with E-state index in [1.54, 1.807) is 0 Å². The Bertz CT molecular complexity index is 520. The number of aryl methyl sites for hydroxylation is 2. The van der Waals surface area contributed by atoms with E-state index in [1.807, 2.05) is 12.4 Å². The van der Waals surface area contributed by atoms with Crippen molar-refractivity contribution in [2.24, 2.45) is 0 Å². The molecule has 2 nitrogen and oxygen atoms in total. The molecular weight excluding hydrogens is 220 g/mol. The van der Waals surface area contributed by atoms with Crippen molar-refractivity contribution in [3.05, 3.63) is 65.0 Å². The van der Waals surface area contributed by atoms with Crippen molar-refractivity contribution in [2.75, 3.05) is 0 Å². The van der Waals surface area contributed by atoms with Crippen molar-refractivity contribution in [1.82, 2.24) is 10.3 Å². The van der Waals surface area contributed by atoms with Gasteiger partial charge >= 0.3 is 0 Å². The summed E-state index contributed by atoms with van der Waals surface area (Å²) in [5, 5.41) is 3.56. The Morgan fingerprint density at radius 3 is 2.78 bits per heavy atom. The smallest absolute Gasteiger partial charge is 0.0300 e. The van der Waals surface area contributed by atoms with Crippen LogP contribution in [0, 0.1) is 13.8 Å². The Kier molecular flexibility index (Phi) is 4.11. The number of benzene rings is 1. The molecule has 0 aliphatic heterocycles. The number of rotatable bonds is 4. The molecule has 2 heteroatoms. The van der Waals surface area contributed by atoms with Gasteiger partial charge in [0.1, 0.15) is 0 Å². The van der Waals surface area contributed by atoms with E-state index in [1.165, 1.54) is 22.3 Å². The maximum absolute atomic E-state index is 4.11. The van der Waals surface area contributed by atoms with E-state index >= 15 is 0 Å². The average molecular weight is 240 g/mol. The molecule has 0 saturated carbocycles. The largest absolute Gasteiger partial charge is 0.306 e. The predicted molar refractivity (Wildman–Crippen MR) is 75.4 cm³/mol. The zero-order valence-electron chi connectivity index (χ0n) is 11.3. The third kappa shape index (κ3) is 3.17. The van der Waals surface area contributed by atoms with E-state index < -0.39 is 0 Å². The highest BCUT2D eigenvalue weighted by Crippen LogP contribution is 2.15. The zero-order chi connectivity index (χ0) is 13.0. The van der Waals surface area contributed by atoms with Gasteiger partial charge in [0, 0.05) is 25.0 Å². The van der Waals surface area contributed by atoms with Gasteiger partial charge in [-0.1, -0.05) is 29.8 Å². The molecule has 94 valence electrons. The molecule has 1 aromatic heterocycles. The van der Waals surface area contributed by atoms with Crippen LogP contribution in [0.2, 0.25) is 0 Å². The highest BCUT2D eigenvalue weighted by Gasteiger charge is 2.05. The van der Waals surface area contributed by atoms with E-state index in [9.17, 15) is 0 Å². The summed E-state index contributed by atoms with van der Waals surface area (Å²) in [6, 6.07) is 11.1. The monoisotopic (exact) mass is 240 g/mol. The molecule has 1 heterocycles. The third-order valence-electron chi connectivity index (χ3n) is 3.28. The number of nitrogens with zero attached hydrogens (tertiary/aromatic N) is 1. The first-order chi connectivity index (χ1) is 8.66. The first-order valence-electron chi connectivity index (χ1n) is 6.36. The summed E-state index contributed by atoms with van der Waals surface area (Å²) in [5.41, 5.74) is 5.19. The van der Waals surface area contributed by atoms with Gasteiger partial charge in [-0.3, -0.25) is 4.98 Å². The van der Waals surface area contributed by atoms with Crippen molar-refractivity contribution < 1.29 is 0 Å². The van der Waals surface area contributed by atoms with Gasteiger partial charge < -0.3 is 5.32 Å². The predicted octanol–water partition coefficient (Wildman–Crippen LogP) is 3.55. The molecule has 0 spiro atoms. The summed E-state index contributed by atoms with van der Waals surface area (Å²) < 4.78 is 0. The summed E-state index contributed by atoms with van der Waals surface area (Å²) in [6.07, 6.45) is 3.76. The van der Waals surface area contributed by atoms with Crippen LogP contribution >= 0.6 is 0 Å². The molecule has 0 bridgehead atoms. The topological polar surface area (TPSA) is 24.9 Å². The third-order valence-corrected chi connectivity index (χ3v) is 3.28. The van der Waals surface area contributed by atoms with Crippen molar-refractivity contribution in [3.63, 3.8) is 0 Å². The van der Waals surface area contributed by atoms with Gasteiger partial charge in [-0.05, 0) is 43.5 Å². The SMILES string of the molecule is Cc1cccc(C(C)NCc2ccncc2C)c1. The second-order valence-electron chi connectivity index (χ2n) is 4.82. The number of nitrogens with one attached hydrogen (secondary N) is 1. The lowest BCUT2D eigenvalue weighted by atomic mass is 10.1. The van der Waals surface area contributed by atoms with E-state index in [2.05, 4.69) is 61.4 Å². The Morgan fingerprint density at radius 2 is 2.06 bits per heavy atom. The molecular formula is C16H20N2. The van der Waals surface area contributed by atoms with Crippen molar-refractivity contribution in [1.29, 1.82) is 0 Å². The summed E-state index contributed by atoms with van der Waals surface area (Å²) in [5.74, 6) is 0. The molecule has 2 rings (SSSR count). The normalized spacial score (nSPS) is 12.4. The van der Waals surface area contributed by atoms with Gasteiger partial charge in [0.25, 0.3) is 0 Å². The Morgan fingerprint density at radius 1 is 1.22 bits per heavy atom. The minimum Gasteiger partial charge on any atom is -0.306 e. The fourth-order valence-electron chi connectivity index (χ4n) is 2.02. The van der Waals surface area contributed by atoms with Gasteiger partial charge in [0.2, 0.25) is 0 Å². The van der Waals surface area contributed by atoms with Gasteiger partial charge in [0.05, 0.1) is 0 Å². The first-order valence-corrected chi connectivity index (χ1v) is 6.36. The molecule has 18 heavy (non-hydrogen) atoms. The Labute approximate surface area is 109 Å². The lowest BCUT2D eigenvalue weighted by Crippen LogP contribution is -2.18. The Balaban J connectivity index is 2.00. The summed E-state index contributed by atoms with van der Waals surface area (Å²) >= 11 is 0. The summed E-state index contributed by atoms with van der Waals surface area (Å²) in [7, 11) is 0. The molecule has 1 N–H and O–H groups in total. The van der Waals surface area contributed by atoms with Crippen LogP contribution in [0.25, 0.3) is 0 Å². The quantitative estimate of drug-likeness (QED) is 0.884. The van der Waals surface area contributed by atoms with E-state index in [-0.39, 0.29) is 0 Å². The highest BCUT2D eigenvalue weighted by molar-refractivity contribution is 5.25. The number of hydrogen-bond donors (Lipinski definition) is 1. The minimum absolute atomic E-state index is 0.359. The summed E-state index contributed by atoms with van der Waals surface area (Å²) in [6.45, 7) is 7.30. The van der Waals surface area contributed by atoms with E-state index in [4.69, 9.17) is 0 Å². The van der Waals surface area contributed by atoms with Crippen LogP contribution in [0.3, 0.4) is 0 Å². The second-order valence-corrected chi connectivity index (χ2v) is 4.82. The Hall–Kier alpha value is -1.67. The van der Waals surface area contributed by atoms with Gasteiger partial charge in [-0.2, -0.15) is 0 Å². The average Bonchev–Trinajstić information content (AvgIpc) is 2.37. The van der Waals surface area contributed by atoms with Gasteiger partial charge in [-0.25, -0.2) is 0 Å². The second kappa shape index (κ2) is 5.78. The lowest BCUT2D eigenvalue weighted by Gasteiger charge is -2.15. The van der Waals surface area contributed by atoms with Crippen LogP contribution in [-0.4, -0.2) is 4.98 Å². The van der Waals surface area contributed by atoms with Crippen LogP contribution in [-0.2, 0) is 6.54 Å². The summed E-state index contributed by atoms with van der Waals surface area (Å²) in [4.78, 5) is 4.11. The maximum Gasteiger partial charge on any atom is 0.0300 e. The number of aromatic nitrogens is 1. The molecule has 0 amide bonds. The molecule has 1 aromatic carbocycles. The van der Waals surface area contributed by atoms with Crippen LogP contribution in [0.15, 0.2) is 42.7 Å². The molecule has 0 radical (unpaired) electrons. The van der Waals surface area contributed by atoms with Crippen LogP contribution in [0.5, 0.6) is 0 Å². The van der Waals surface area contributed by atoms with E-state index in [0.717, 1.165) is 6.54 Å². The van der Waals surface area contributed by atoms with Crippen LogP contribution in [0.4, 0.5) is 0 Å². The standard InChI is InChI=1S/C16H20N2/c1-12-5-4-6-15(9-12)14(3)18-11-16-7-8-17-10-13(16)2/h4-10,14,18H,11H2,1-3H3. The molecule has 0 saturated heterocycles. The number of hydrogen-bond acceptors (Lipinski definition) is 2. The van der Waals surface area contributed by atoms with Gasteiger partial charge in [-0.15, -0.1) is 0 Å². The van der Waals surface area contributed by atoms with Crippen LogP contribution < -0.4 is 5.32 Å². The fraction of sp³-hybridized carbons (Fsp3) is 0.312. The minimum atomic E-state index is 0.359. The van der Waals surface area contributed by atoms with Crippen molar-refractivity contribution in [3.8, 4) is 0 Å². The lowest BCUT2D eigenvalue weighted by molar-refractivity contribution is 0.573. The van der Waals surface area contributed by atoms with Crippen LogP contribution in [0.1, 0.15) is 35.2 Å². The van der Waals surface area contributed by atoms with Gasteiger partial charge in [0.15, 0.2) is 0 Å². The van der Waals surface area contributed by atoms with Crippen molar-refractivity contribution >= 4 is 0 Å². The van der Waals surface area contributed by atoms with E-state index in [0.29, 0.717) is 6.04 Å². The molecule has 0 fully saturated rings. The fourth-order valence-corrected chi connectivity index (χ4v) is 2.02. The molecule has 1 unspecified atom stereocenters. The first kappa shape index (κ1) is 12.8. The van der Waals surface area contributed by atoms with Crippen molar-refractivity contribution in [2.45, 2.75) is 33.4 Å². The zero-order valence-corrected chi connectivity index (χ0v) is 11.3. The molecule has 2 aromatic rings.